The number of anilines is 1. The van der Waals surface area contributed by atoms with E-state index in [9.17, 15) is 4.79 Å². The van der Waals surface area contributed by atoms with E-state index < -0.39 is 0 Å². The lowest BCUT2D eigenvalue weighted by atomic mass is 9.78. The number of nitrogens with one attached hydrogen (secondary N) is 1. The number of amides is 1. The van der Waals surface area contributed by atoms with Crippen LogP contribution >= 0.6 is 0 Å². The number of carbonyl (C=O) groups is 1. The number of rotatable bonds is 1. The molecule has 2 heterocycles. The molecule has 0 saturated carbocycles. The number of fused-ring (bicyclic) bond motifs is 1. The summed E-state index contributed by atoms with van der Waals surface area (Å²) in [5.41, 5.74) is 4.22. The lowest BCUT2D eigenvalue weighted by Crippen LogP contribution is -2.32. The summed E-state index contributed by atoms with van der Waals surface area (Å²) in [6.07, 6.45) is 4.50. The molecule has 1 atom stereocenters. The highest BCUT2D eigenvalue weighted by molar-refractivity contribution is 5.92. The van der Waals surface area contributed by atoms with Crippen LogP contribution < -0.4 is 10.2 Å². The average Bonchev–Trinajstić information content (AvgIpc) is 2.81. The van der Waals surface area contributed by atoms with E-state index in [0.29, 0.717) is 5.41 Å². The van der Waals surface area contributed by atoms with Gasteiger partial charge in [-0.1, -0.05) is 19.1 Å². The van der Waals surface area contributed by atoms with E-state index in [1.807, 2.05) is 4.90 Å². The van der Waals surface area contributed by atoms with Gasteiger partial charge in [-0.2, -0.15) is 0 Å². The number of aryl methyl sites for hydroxylation is 1. The zero-order valence-corrected chi connectivity index (χ0v) is 12.5. The maximum Gasteiger partial charge on any atom is 0.223 e. The van der Waals surface area contributed by atoms with Gasteiger partial charge in [-0.25, -0.2) is 0 Å². The Morgan fingerprint density at radius 1 is 1.40 bits per heavy atom. The minimum absolute atomic E-state index is 0.165. The molecule has 1 N–H and O–H groups in total. The van der Waals surface area contributed by atoms with Gasteiger partial charge in [-0.05, 0) is 54.8 Å². The second-order valence-corrected chi connectivity index (χ2v) is 6.34. The van der Waals surface area contributed by atoms with Crippen molar-refractivity contribution in [2.45, 2.75) is 39.5 Å². The minimum atomic E-state index is 0.165. The summed E-state index contributed by atoms with van der Waals surface area (Å²) in [4.78, 5) is 14.0. The summed E-state index contributed by atoms with van der Waals surface area (Å²) in [7, 11) is 0. The maximum absolute atomic E-state index is 12.0. The first kappa shape index (κ1) is 13.6. The normalized spacial score (nSPS) is 25.6. The van der Waals surface area contributed by atoms with Crippen molar-refractivity contribution in [3.63, 3.8) is 0 Å². The van der Waals surface area contributed by atoms with Crippen LogP contribution in [0.2, 0.25) is 0 Å². The summed E-state index contributed by atoms with van der Waals surface area (Å²) in [6, 6.07) is 6.63. The van der Waals surface area contributed by atoms with Crippen molar-refractivity contribution in [2.75, 3.05) is 24.5 Å². The van der Waals surface area contributed by atoms with Gasteiger partial charge in [0.1, 0.15) is 0 Å². The third-order valence-electron chi connectivity index (χ3n) is 4.99. The van der Waals surface area contributed by atoms with Crippen LogP contribution in [-0.4, -0.2) is 25.5 Å². The second kappa shape index (κ2) is 5.21. The van der Waals surface area contributed by atoms with E-state index in [4.69, 9.17) is 0 Å². The summed E-state index contributed by atoms with van der Waals surface area (Å²) in [5.74, 6) is 0.165. The number of carbonyl (C=O) groups excluding carboxylic acids is 1. The van der Waals surface area contributed by atoms with Crippen LogP contribution in [0, 0.1) is 5.41 Å². The molecule has 3 heteroatoms. The van der Waals surface area contributed by atoms with Crippen molar-refractivity contribution in [2.24, 2.45) is 5.41 Å². The molecule has 2 aliphatic rings. The Morgan fingerprint density at radius 3 is 2.90 bits per heavy atom. The van der Waals surface area contributed by atoms with Crippen LogP contribution in [0.5, 0.6) is 0 Å². The van der Waals surface area contributed by atoms with Gasteiger partial charge < -0.3 is 10.2 Å². The molecule has 1 spiro atoms. The third-order valence-corrected chi connectivity index (χ3v) is 4.99. The van der Waals surface area contributed by atoms with Gasteiger partial charge in [-0.15, -0.1) is 0 Å². The predicted octanol–water partition coefficient (Wildman–Crippen LogP) is 2.53. The van der Waals surface area contributed by atoms with Gasteiger partial charge in [-0.3, -0.25) is 4.79 Å². The van der Waals surface area contributed by atoms with Gasteiger partial charge in [0, 0.05) is 25.7 Å². The number of hydrogen-bond acceptors (Lipinski definition) is 2. The van der Waals surface area contributed by atoms with Gasteiger partial charge in [0.05, 0.1) is 0 Å². The molecule has 20 heavy (non-hydrogen) atoms. The number of hydrogen-bond donors (Lipinski definition) is 1. The van der Waals surface area contributed by atoms with E-state index in [-0.39, 0.29) is 5.91 Å². The molecule has 0 radical (unpaired) electrons. The molecule has 1 saturated heterocycles. The van der Waals surface area contributed by atoms with Crippen LogP contribution in [0.25, 0.3) is 0 Å². The molecule has 1 fully saturated rings. The molecule has 2 aliphatic heterocycles. The van der Waals surface area contributed by atoms with Crippen LogP contribution in [0.1, 0.15) is 37.8 Å². The third kappa shape index (κ3) is 2.35. The molecule has 1 aromatic rings. The Morgan fingerprint density at radius 2 is 2.25 bits per heavy atom. The second-order valence-electron chi connectivity index (χ2n) is 6.34. The van der Waals surface area contributed by atoms with Crippen molar-refractivity contribution in [1.29, 1.82) is 0 Å². The molecular formula is C17H24N2O. The van der Waals surface area contributed by atoms with Gasteiger partial charge in [0.15, 0.2) is 0 Å². The van der Waals surface area contributed by atoms with E-state index in [1.54, 1.807) is 6.92 Å². The molecule has 108 valence electrons. The summed E-state index contributed by atoms with van der Waals surface area (Å²) < 4.78 is 0. The summed E-state index contributed by atoms with van der Waals surface area (Å²) in [6.45, 7) is 6.93. The van der Waals surface area contributed by atoms with Gasteiger partial charge in [0.2, 0.25) is 5.91 Å². The van der Waals surface area contributed by atoms with E-state index in [2.05, 4.69) is 30.4 Å². The topological polar surface area (TPSA) is 32.3 Å². The highest BCUT2D eigenvalue weighted by Crippen LogP contribution is 2.40. The lowest BCUT2D eigenvalue weighted by molar-refractivity contribution is -0.116. The average molecular weight is 272 g/mol. The Hall–Kier alpha value is -1.35. The molecule has 0 aromatic heterocycles. The lowest BCUT2D eigenvalue weighted by Gasteiger charge is -2.26. The SMILES string of the molecule is CCc1ccc2c(c1)CC1(CCNC1)CCN2C(C)=O. The largest absolute Gasteiger partial charge is 0.316 e. The molecule has 0 bridgehead atoms. The monoisotopic (exact) mass is 272 g/mol. The van der Waals surface area contributed by atoms with Crippen molar-refractivity contribution < 1.29 is 4.79 Å². The highest BCUT2D eigenvalue weighted by atomic mass is 16.2. The zero-order valence-electron chi connectivity index (χ0n) is 12.5. The van der Waals surface area contributed by atoms with E-state index in [1.165, 1.54) is 17.5 Å². The fourth-order valence-electron chi connectivity index (χ4n) is 3.71. The summed E-state index contributed by atoms with van der Waals surface area (Å²) >= 11 is 0. The fraction of sp³-hybridized carbons (Fsp3) is 0.588. The van der Waals surface area contributed by atoms with Crippen molar-refractivity contribution >= 4 is 11.6 Å². The van der Waals surface area contributed by atoms with E-state index in [0.717, 1.165) is 44.6 Å². The first-order chi connectivity index (χ1) is 9.63. The number of benzene rings is 1. The smallest absolute Gasteiger partial charge is 0.223 e. The van der Waals surface area contributed by atoms with Crippen molar-refractivity contribution in [3.8, 4) is 0 Å². The van der Waals surface area contributed by atoms with E-state index >= 15 is 0 Å². The standard InChI is InChI=1S/C17H24N2O/c1-3-14-4-5-16-15(10-14)11-17(6-8-18-12-17)7-9-19(16)13(2)20/h4-5,10,18H,3,6-9,11-12H2,1-2H3. The highest BCUT2D eigenvalue weighted by Gasteiger charge is 2.37. The minimum Gasteiger partial charge on any atom is -0.316 e. The molecule has 3 nitrogen and oxygen atoms in total. The van der Waals surface area contributed by atoms with Gasteiger partial charge in [0.25, 0.3) is 0 Å². The molecule has 0 aliphatic carbocycles. The zero-order chi connectivity index (χ0) is 14.2. The fourth-order valence-corrected chi connectivity index (χ4v) is 3.71. The molecule has 1 unspecified atom stereocenters. The first-order valence-electron chi connectivity index (χ1n) is 7.74. The maximum atomic E-state index is 12.0. The Balaban J connectivity index is 2.03. The van der Waals surface area contributed by atoms with Crippen molar-refractivity contribution in [3.05, 3.63) is 29.3 Å². The van der Waals surface area contributed by atoms with Crippen LogP contribution in [-0.2, 0) is 17.6 Å². The molecule has 1 amide bonds. The Kier molecular flexibility index (Phi) is 3.55. The van der Waals surface area contributed by atoms with Crippen LogP contribution in [0.15, 0.2) is 18.2 Å². The predicted molar refractivity (Wildman–Crippen MR) is 82.1 cm³/mol. The quantitative estimate of drug-likeness (QED) is 0.852. The number of nitrogens with zero attached hydrogens (tertiary/aromatic N) is 1. The molecule has 1 aromatic carbocycles. The van der Waals surface area contributed by atoms with Crippen LogP contribution in [0.4, 0.5) is 5.69 Å². The van der Waals surface area contributed by atoms with Crippen molar-refractivity contribution in [1.82, 2.24) is 5.32 Å². The van der Waals surface area contributed by atoms with Gasteiger partial charge >= 0.3 is 0 Å². The Bertz CT molecular complexity index is 518. The summed E-state index contributed by atoms with van der Waals surface area (Å²) in [5, 5.41) is 3.51. The Labute approximate surface area is 121 Å². The molecular weight excluding hydrogens is 248 g/mol. The first-order valence-corrected chi connectivity index (χ1v) is 7.74. The van der Waals surface area contributed by atoms with Crippen LogP contribution in [0.3, 0.4) is 0 Å². The molecule has 3 rings (SSSR count).